The first kappa shape index (κ1) is 14.1. The van der Waals surface area contributed by atoms with Gasteiger partial charge in [-0.15, -0.1) is 0 Å². The van der Waals surface area contributed by atoms with Crippen LogP contribution in [0.4, 0.5) is 0 Å². The molecule has 0 aromatic carbocycles. The van der Waals surface area contributed by atoms with Gasteiger partial charge in [-0.25, -0.2) is 0 Å². The molecule has 23 heavy (non-hydrogen) atoms. The zero-order valence-electron chi connectivity index (χ0n) is 14.2. The van der Waals surface area contributed by atoms with Crippen LogP contribution in [-0.4, -0.2) is 22.3 Å². The molecule has 128 valence electrons. The summed E-state index contributed by atoms with van der Waals surface area (Å²) in [6, 6.07) is 0. The lowest BCUT2D eigenvalue weighted by molar-refractivity contribution is -0.565. The van der Waals surface area contributed by atoms with Crippen molar-refractivity contribution < 1.29 is 14.6 Å². The Morgan fingerprint density at radius 3 is 2.43 bits per heavy atom. The number of hydrogen-bond donors (Lipinski definition) is 1. The van der Waals surface area contributed by atoms with Crippen LogP contribution >= 0.6 is 0 Å². The molecule has 7 fully saturated rings. The van der Waals surface area contributed by atoms with Gasteiger partial charge in [-0.2, -0.15) is 0 Å². The van der Waals surface area contributed by atoms with Crippen LogP contribution in [0.15, 0.2) is 0 Å². The molecule has 3 saturated heterocycles. The number of ether oxygens (including phenoxy) is 2. The standard InChI is InChI=1S/C20H30O3/c21-20-15-8-5-9-17(20)13-16-7-2-4-11-19(16,23-20)22-18(17)10-3-1-6-14(18)12-15/h14-16,21H,1-13H2/t14-,15+,16-,17-,18-,19+,20-/m1/s1. The second kappa shape index (κ2) is 4.16. The summed E-state index contributed by atoms with van der Waals surface area (Å²) in [5, 5.41) is 11.9. The van der Waals surface area contributed by atoms with Crippen LogP contribution in [0.5, 0.6) is 0 Å². The van der Waals surface area contributed by atoms with E-state index < -0.39 is 11.6 Å². The maximum Gasteiger partial charge on any atom is 0.180 e. The van der Waals surface area contributed by atoms with Crippen molar-refractivity contribution in [2.75, 3.05) is 0 Å². The summed E-state index contributed by atoms with van der Waals surface area (Å²) in [5.74, 6) is 0.231. The van der Waals surface area contributed by atoms with E-state index in [1.54, 1.807) is 0 Å². The quantitative estimate of drug-likeness (QED) is 0.730. The molecule has 0 aromatic rings. The molecule has 0 radical (unpaired) electrons. The summed E-state index contributed by atoms with van der Waals surface area (Å²) in [6.45, 7) is 0. The molecule has 3 aliphatic heterocycles. The van der Waals surface area contributed by atoms with Crippen LogP contribution in [0.25, 0.3) is 0 Å². The van der Waals surface area contributed by atoms with Gasteiger partial charge in [0.1, 0.15) is 0 Å². The van der Waals surface area contributed by atoms with Gasteiger partial charge in [0.25, 0.3) is 0 Å². The number of hydrogen-bond acceptors (Lipinski definition) is 3. The molecule has 3 heterocycles. The molecule has 3 heteroatoms. The fraction of sp³-hybridized carbons (Fsp3) is 1.00. The zero-order chi connectivity index (χ0) is 15.3. The third kappa shape index (κ3) is 1.36. The van der Waals surface area contributed by atoms with Crippen molar-refractivity contribution in [2.24, 2.45) is 23.2 Å². The van der Waals surface area contributed by atoms with Crippen LogP contribution in [0.3, 0.4) is 0 Å². The Labute approximate surface area is 139 Å². The number of aliphatic hydroxyl groups is 1. The first-order valence-corrected chi connectivity index (χ1v) is 10.3. The average molecular weight is 318 g/mol. The smallest absolute Gasteiger partial charge is 0.180 e. The summed E-state index contributed by atoms with van der Waals surface area (Å²) in [7, 11) is 0. The van der Waals surface area contributed by atoms with Gasteiger partial charge < -0.3 is 14.6 Å². The van der Waals surface area contributed by atoms with E-state index in [4.69, 9.17) is 9.47 Å². The van der Waals surface area contributed by atoms with E-state index in [1.807, 2.05) is 0 Å². The molecule has 1 N–H and O–H groups in total. The molecule has 7 aliphatic rings. The molecule has 4 aliphatic carbocycles. The Morgan fingerprint density at radius 1 is 0.739 bits per heavy atom. The van der Waals surface area contributed by atoms with Gasteiger partial charge in [-0.05, 0) is 57.3 Å². The third-order valence-corrected chi connectivity index (χ3v) is 9.01. The summed E-state index contributed by atoms with van der Waals surface area (Å²) in [6.07, 6.45) is 15.7. The summed E-state index contributed by atoms with van der Waals surface area (Å²) in [5.41, 5.74) is -0.168. The highest BCUT2D eigenvalue weighted by Crippen LogP contribution is 2.77. The lowest BCUT2D eigenvalue weighted by Gasteiger charge is -2.79. The van der Waals surface area contributed by atoms with Gasteiger partial charge in [0.2, 0.25) is 0 Å². The molecule has 3 spiro atoms. The molecule has 7 atom stereocenters. The van der Waals surface area contributed by atoms with Crippen LogP contribution < -0.4 is 0 Å². The van der Waals surface area contributed by atoms with Crippen molar-refractivity contribution in [3.63, 3.8) is 0 Å². The van der Waals surface area contributed by atoms with Crippen LogP contribution in [-0.2, 0) is 9.47 Å². The van der Waals surface area contributed by atoms with Crippen molar-refractivity contribution >= 4 is 0 Å². The minimum Gasteiger partial charge on any atom is -0.365 e. The maximum absolute atomic E-state index is 11.9. The lowest BCUT2D eigenvalue weighted by atomic mass is 9.40. The molecule has 5 bridgehead atoms. The molecule has 4 saturated carbocycles. The van der Waals surface area contributed by atoms with Crippen LogP contribution in [0, 0.1) is 23.2 Å². The summed E-state index contributed by atoms with van der Waals surface area (Å²) in [4.78, 5) is 0. The summed E-state index contributed by atoms with van der Waals surface area (Å²) < 4.78 is 13.8. The summed E-state index contributed by atoms with van der Waals surface area (Å²) >= 11 is 0. The highest BCUT2D eigenvalue weighted by molar-refractivity contribution is 5.25. The average Bonchev–Trinajstić information content (AvgIpc) is 2.52. The second-order valence-corrected chi connectivity index (χ2v) is 9.60. The Morgan fingerprint density at radius 2 is 1.52 bits per heavy atom. The van der Waals surface area contributed by atoms with Crippen molar-refractivity contribution in [2.45, 2.75) is 101 Å². The fourth-order valence-electron chi connectivity index (χ4n) is 8.27. The first-order chi connectivity index (χ1) is 11.1. The first-order valence-electron chi connectivity index (χ1n) is 10.3. The fourth-order valence-corrected chi connectivity index (χ4v) is 8.27. The Kier molecular flexibility index (Phi) is 2.55. The lowest BCUT2D eigenvalue weighted by Crippen LogP contribution is -2.85. The van der Waals surface area contributed by atoms with Crippen molar-refractivity contribution in [3.05, 3.63) is 0 Å². The highest BCUT2D eigenvalue weighted by atomic mass is 16.8. The predicted molar refractivity (Wildman–Crippen MR) is 85.5 cm³/mol. The van der Waals surface area contributed by atoms with E-state index in [0.717, 1.165) is 25.7 Å². The zero-order valence-corrected chi connectivity index (χ0v) is 14.2. The van der Waals surface area contributed by atoms with Crippen molar-refractivity contribution in [1.29, 1.82) is 0 Å². The van der Waals surface area contributed by atoms with Crippen molar-refractivity contribution in [3.8, 4) is 0 Å². The molecule has 0 aromatic heterocycles. The van der Waals surface area contributed by atoms with Gasteiger partial charge >= 0.3 is 0 Å². The van der Waals surface area contributed by atoms with Gasteiger partial charge in [-0.1, -0.05) is 25.7 Å². The maximum atomic E-state index is 11.9. The molecule has 3 nitrogen and oxygen atoms in total. The molecular formula is C20H30O3. The van der Waals surface area contributed by atoms with Gasteiger partial charge in [0, 0.05) is 18.3 Å². The van der Waals surface area contributed by atoms with E-state index in [-0.39, 0.29) is 11.0 Å². The van der Waals surface area contributed by atoms with Crippen LogP contribution in [0.1, 0.15) is 83.5 Å². The van der Waals surface area contributed by atoms with E-state index in [9.17, 15) is 5.11 Å². The minimum atomic E-state index is -0.884. The van der Waals surface area contributed by atoms with Crippen LogP contribution in [0.2, 0.25) is 0 Å². The van der Waals surface area contributed by atoms with Gasteiger partial charge in [0.05, 0.1) is 11.0 Å². The van der Waals surface area contributed by atoms with Gasteiger partial charge in [-0.3, -0.25) is 0 Å². The molecule has 7 rings (SSSR count). The third-order valence-electron chi connectivity index (χ3n) is 9.01. The molecule has 0 amide bonds. The molecule has 0 unspecified atom stereocenters. The Bertz CT molecular complexity index is 549. The molecular weight excluding hydrogens is 288 g/mol. The van der Waals surface area contributed by atoms with Gasteiger partial charge in [0.15, 0.2) is 11.6 Å². The monoisotopic (exact) mass is 318 g/mol. The topological polar surface area (TPSA) is 38.7 Å². The van der Waals surface area contributed by atoms with Crippen molar-refractivity contribution in [1.82, 2.24) is 0 Å². The second-order valence-electron chi connectivity index (χ2n) is 9.60. The Hall–Kier alpha value is -0.120. The SMILES string of the molecule is O[C@]12O[C@@]34CCCC[C@@H]3C[C@@]13CCC[C@H]2C[C@H]1CCCC[C@@]13O4. The van der Waals surface area contributed by atoms with E-state index in [0.29, 0.717) is 17.8 Å². The van der Waals surface area contributed by atoms with E-state index in [1.165, 1.54) is 57.8 Å². The minimum absolute atomic E-state index is 0.0665. The normalized spacial score (nSPS) is 63.3. The largest absolute Gasteiger partial charge is 0.365 e. The Balaban J connectivity index is 1.58. The van der Waals surface area contributed by atoms with E-state index in [2.05, 4.69) is 0 Å². The van der Waals surface area contributed by atoms with E-state index >= 15 is 0 Å². The highest BCUT2D eigenvalue weighted by Gasteiger charge is 2.82. The predicted octanol–water partition coefficient (Wildman–Crippen LogP) is 4.13. The number of rotatable bonds is 0.